The molecular formula is C22H31N3O2. The summed E-state index contributed by atoms with van der Waals surface area (Å²) in [6.45, 7) is 8.16. The summed E-state index contributed by atoms with van der Waals surface area (Å²) in [6.07, 6.45) is 5.72. The van der Waals surface area contributed by atoms with Crippen LogP contribution in [0.25, 0.3) is 6.08 Å². The van der Waals surface area contributed by atoms with Crippen molar-refractivity contribution >= 4 is 17.7 Å². The van der Waals surface area contributed by atoms with Crippen LogP contribution in [0.5, 0.6) is 0 Å². The number of carbonyl (C=O) groups is 1. The minimum Gasteiger partial charge on any atom is -0.401 e. The molecule has 1 aromatic carbocycles. The molecule has 1 aliphatic rings. The number of amides is 1. The van der Waals surface area contributed by atoms with Crippen molar-refractivity contribution in [1.29, 1.82) is 0 Å². The highest BCUT2D eigenvalue weighted by molar-refractivity contribution is 6.28. The van der Waals surface area contributed by atoms with Gasteiger partial charge in [-0.05, 0) is 37.3 Å². The number of allylic oxidation sites excluding steroid dienone is 1. The first-order valence-electron chi connectivity index (χ1n) is 9.63. The Morgan fingerprint density at radius 3 is 2.85 bits per heavy atom. The van der Waals surface area contributed by atoms with Crippen LogP contribution < -0.4 is 11.5 Å². The number of nitrogens with two attached hydrogens (primary N) is 2. The molecule has 0 bridgehead atoms. The fourth-order valence-electron chi connectivity index (χ4n) is 3.38. The molecule has 0 saturated heterocycles. The van der Waals surface area contributed by atoms with E-state index in [4.69, 9.17) is 16.2 Å². The van der Waals surface area contributed by atoms with Gasteiger partial charge in [-0.2, -0.15) is 0 Å². The van der Waals surface area contributed by atoms with E-state index in [1.54, 1.807) is 0 Å². The maximum atomic E-state index is 12.2. The van der Waals surface area contributed by atoms with E-state index in [-0.39, 0.29) is 5.92 Å². The molecule has 5 heteroatoms. The van der Waals surface area contributed by atoms with Gasteiger partial charge in [-0.3, -0.25) is 9.79 Å². The standard InChI is InChI=1S/C22H31N3O2/c1-4-27-12-6-8-16-7-5-9-18(14-16)21-19(22(24)26)20(23)17(10-11-25-21)13-15(2)3/h5-9,14-15,17H,4,10-13,23H2,1-3H3,(H2,24,26)/b8-6-. The molecule has 1 heterocycles. The molecule has 27 heavy (non-hydrogen) atoms. The number of hydrogen-bond acceptors (Lipinski definition) is 4. The van der Waals surface area contributed by atoms with Crippen molar-refractivity contribution in [2.24, 2.45) is 28.3 Å². The van der Waals surface area contributed by atoms with Crippen LogP contribution in [0.1, 0.15) is 44.7 Å². The number of hydrogen-bond donors (Lipinski definition) is 2. The second kappa shape index (κ2) is 10.1. The fourth-order valence-corrected chi connectivity index (χ4v) is 3.38. The minimum atomic E-state index is -0.515. The maximum Gasteiger partial charge on any atom is 0.252 e. The number of primary amides is 1. The first-order chi connectivity index (χ1) is 12.9. The third-order valence-electron chi connectivity index (χ3n) is 4.60. The molecule has 1 aromatic rings. The van der Waals surface area contributed by atoms with Crippen molar-refractivity contribution in [2.75, 3.05) is 19.8 Å². The van der Waals surface area contributed by atoms with Crippen LogP contribution >= 0.6 is 0 Å². The van der Waals surface area contributed by atoms with Gasteiger partial charge in [-0.1, -0.05) is 44.2 Å². The second-order valence-corrected chi connectivity index (χ2v) is 7.23. The monoisotopic (exact) mass is 369 g/mol. The van der Waals surface area contributed by atoms with E-state index in [1.165, 1.54) is 0 Å². The summed E-state index contributed by atoms with van der Waals surface area (Å²) < 4.78 is 5.33. The van der Waals surface area contributed by atoms with E-state index in [0.29, 0.717) is 42.7 Å². The molecule has 0 aliphatic carbocycles. The van der Waals surface area contributed by atoms with E-state index < -0.39 is 5.91 Å². The largest absolute Gasteiger partial charge is 0.401 e. The smallest absolute Gasteiger partial charge is 0.252 e. The van der Waals surface area contributed by atoms with Crippen molar-refractivity contribution in [3.05, 3.63) is 52.7 Å². The lowest BCUT2D eigenvalue weighted by Crippen LogP contribution is -2.28. The van der Waals surface area contributed by atoms with Gasteiger partial charge in [0.2, 0.25) is 0 Å². The Bertz CT molecular complexity index is 748. The second-order valence-electron chi connectivity index (χ2n) is 7.23. The molecule has 1 amide bonds. The van der Waals surface area contributed by atoms with Crippen molar-refractivity contribution in [3.8, 4) is 0 Å². The highest BCUT2D eigenvalue weighted by Crippen LogP contribution is 2.28. The molecule has 146 valence electrons. The molecule has 1 aliphatic heterocycles. The summed E-state index contributed by atoms with van der Waals surface area (Å²) >= 11 is 0. The van der Waals surface area contributed by atoms with E-state index in [9.17, 15) is 4.79 Å². The van der Waals surface area contributed by atoms with Gasteiger partial charge in [0.1, 0.15) is 0 Å². The molecule has 0 radical (unpaired) electrons. The summed E-state index contributed by atoms with van der Waals surface area (Å²) in [6, 6.07) is 7.89. The van der Waals surface area contributed by atoms with Crippen LogP contribution in [-0.2, 0) is 9.53 Å². The predicted molar refractivity (Wildman–Crippen MR) is 111 cm³/mol. The van der Waals surface area contributed by atoms with Crippen molar-refractivity contribution in [2.45, 2.75) is 33.6 Å². The van der Waals surface area contributed by atoms with Crippen LogP contribution in [0.15, 0.2) is 46.6 Å². The molecule has 0 aromatic heterocycles. The molecule has 0 spiro atoms. The van der Waals surface area contributed by atoms with Crippen molar-refractivity contribution in [1.82, 2.24) is 0 Å². The molecule has 2 rings (SSSR count). The van der Waals surface area contributed by atoms with Gasteiger partial charge >= 0.3 is 0 Å². The number of nitrogens with zero attached hydrogens (tertiary/aromatic N) is 1. The first-order valence-corrected chi connectivity index (χ1v) is 9.63. The summed E-state index contributed by atoms with van der Waals surface area (Å²) in [5.74, 6) is 0.102. The molecule has 0 saturated carbocycles. The number of carbonyl (C=O) groups excluding carboxylic acids is 1. The van der Waals surface area contributed by atoms with Gasteiger partial charge in [0.15, 0.2) is 0 Å². The Morgan fingerprint density at radius 1 is 1.41 bits per heavy atom. The number of aliphatic imine (C=N–C) groups is 1. The van der Waals surface area contributed by atoms with Gasteiger partial charge in [0.05, 0.1) is 17.9 Å². The summed E-state index contributed by atoms with van der Waals surface area (Å²) in [5.41, 5.74) is 15.5. The number of rotatable bonds is 8. The Labute approximate surface area is 162 Å². The van der Waals surface area contributed by atoms with Crippen LogP contribution in [0, 0.1) is 11.8 Å². The molecule has 0 fully saturated rings. The zero-order valence-electron chi connectivity index (χ0n) is 16.6. The lowest BCUT2D eigenvalue weighted by atomic mass is 9.88. The van der Waals surface area contributed by atoms with Gasteiger partial charge in [-0.25, -0.2) is 0 Å². The zero-order chi connectivity index (χ0) is 19.8. The molecule has 4 N–H and O–H groups in total. The quantitative estimate of drug-likeness (QED) is 0.689. The fraction of sp³-hybridized carbons (Fsp3) is 0.455. The Kier molecular flexibility index (Phi) is 7.80. The Morgan fingerprint density at radius 2 is 2.19 bits per heavy atom. The third kappa shape index (κ3) is 5.79. The molecule has 1 atom stereocenters. The lowest BCUT2D eigenvalue weighted by Gasteiger charge is -2.19. The average molecular weight is 370 g/mol. The van der Waals surface area contributed by atoms with Crippen LogP contribution in [-0.4, -0.2) is 31.4 Å². The highest BCUT2D eigenvalue weighted by atomic mass is 16.5. The van der Waals surface area contributed by atoms with Crippen molar-refractivity contribution < 1.29 is 9.53 Å². The van der Waals surface area contributed by atoms with Crippen LogP contribution in [0.2, 0.25) is 0 Å². The molecule has 5 nitrogen and oxygen atoms in total. The predicted octanol–water partition coefficient (Wildman–Crippen LogP) is 3.29. The lowest BCUT2D eigenvalue weighted by molar-refractivity contribution is -0.114. The van der Waals surface area contributed by atoms with E-state index in [1.807, 2.05) is 43.3 Å². The normalized spacial score (nSPS) is 18.1. The highest BCUT2D eigenvalue weighted by Gasteiger charge is 2.27. The topological polar surface area (TPSA) is 90.7 Å². The summed E-state index contributed by atoms with van der Waals surface area (Å²) in [7, 11) is 0. The Balaban J connectivity index is 2.38. The van der Waals surface area contributed by atoms with Crippen LogP contribution in [0.4, 0.5) is 0 Å². The number of benzene rings is 1. The zero-order valence-corrected chi connectivity index (χ0v) is 16.6. The molecular weight excluding hydrogens is 338 g/mol. The van der Waals surface area contributed by atoms with Crippen molar-refractivity contribution in [3.63, 3.8) is 0 Å². The van der Waals surface area contributed by atoms with Gasteiger partial charge in [0.25, 0.3) is 5.91 Å². The van der Waals surface area contributed by atoms with Gasteiger partial charge < -0.3 is 16.2 Å². The maximum absolute atomic E-state index is 12.2. The van der Waals surface area contributed by atoms with Gasteiger partial charge in [0, 0.05) is 30.3 Å². The SMILES string of the molecule is CCOC/C=C\c1cccc(C2=NCCC(CC(C)C)C(N)=C2C(N)=O)c1. The van der Waals surface area contributed by atoms with E-state index >= 15 is 0 Å². The third-order valence-corrected chi connectivity index (χ3v) is 4.60. The summed E-state index contributed by atoms with van der Waals surface area (Å²) in [5, 5.41) is 0. The number of ether oxygens (including phenoxy) is 1. The Hall–Kier alpha value is -2.40. The average Bonchev–Trinajstić information content (AvgIpc) is 2.78. The van der Waals surface area contributed by atoms with E-state index in [0.717, 1.165) is 24.0 Å². The summed E-state index contributed by atoms with van der Waals surface area (Å²) in [4.78, 5) is 16.9. The first kappa shape index (κ1) is 20.9. The van der Waals surface area contributed by atoms with E-state index in [2.05, 4.69) is 18.8 Å². The minimum absolute atomic E-state index is 0.128. The molecule has 1 unspecified atom stereocenters. The van der Waals surface area contributed by atoms with Gasteiger partial charge in [-0.15, -0.1) is 0 Å². The van der Waals surface area contributed by atoms with Crippen LogP contribution in [0.3, 0.4) is 0 Å².